The number of halogens is 1. The molecule has 0 amide bonds. The summed E-state index contributed by atoms with van der Waals surface area (Å²) in [6.45, 7) is 0. The van der Waals surface area contributed by atoms with Crippen molar-refractivity contribution in [2.45, 2.75) is 37.1 Å². The zero-order valence-electron chi connectivity index (χ0n) is 14.5. The van der Waals surface area contributed by atoms with Crippen molar-refractivity contribution in [3.05, 3.63) is 70.8 Å². The lowest BCUT2D eigenvalue weighted by atomic mass is 9.63. The average Bonchev–Trinajstić information content (AvgIpc) is 2.72. The molecule has 0 aromatic heterocycles. The van der Waals surface area contributed by atoms with Crippen LogP contribution in [0.5, 0.6) is 0 Å². The van der Waals surface area contributed by atoms with Crippen LogP contribution in [0.1, 0.15) is 47.9 Å². The van der Waals surface area contributed by atoms with Gasteiger partial charge in [-0.1, -0.05) is 60.7 Å². The number of benzene rings is 2. The van der Waals surface area contributed by atoms with Gasteiger partial charge in [-0.15, -0.1) is 12.4 Å². The third-order valence-electron chi connectivity index (χ3n) is 5.93. The van der Waals surface area contributed by atoms with Crippen molar-refractivity contribution >= 4 is 24.6 Å². The van der Waals surface area contributed by atoms with Gasteiger partial charge in [-0.05, 0) is 62.0 Å². The van der Waals surface area contributed by atoms with Crippen LogP contribution >= 0.6 is 12.4 Å². The average molecular weight is 340 g/mol. The van der Waals surface area contributed by atoms with Gasteiger partial charge < -0.3 is 4.90 Å². The van der Waals surface area contributed by atoms with E-state index in [1.165, 1.54) is 47.9 Å². The van der Waals surface area contributed by atoms with Gasteiger partial charge in [-0.25, -0.2) is 0 Å². The summed E-state index contributed by atoms with van der Waals surface area (Å²) in [7, 11) is 4.44. The molecule has 126 valence electrons. The third kappa shape index (κ3) is 2.70. The second kappa shape index (κ2) is 6.74. The maximum Gasteiger partial charge on any atom is 0.0215 e. The number of hydrogen-bond acceptors (Lipinski definition) is 1. The fraction of sp³-hybridized carbons (Fsp3) is 0.364. The fourth-order valence-electron chi connectivity index (χ4n) is 4.63. The van der Waals surface area contributed by atoms with Crippen LogP contribution < -0.4 is 0 Å². The lowest BCUT2D eigenvalue weighted by Crippen LogP contribution is -2.40. The molecule has 0 bridgehead atoms. The SMILES string of the molecule is CN(C)C1CCC2(CC1)c1ccccc1C=Cc1ccccc12.Cl. The highest BCUT2D eigenvalue weighted by Crippen LogP contribution is 2.49. The first-order valence-electron chi connectivity index (χ1n) is 8.74. The molecule has 0 radical (unpaired) electrons. The highest BCUT2D eigenvalue weighted by atomic mass is 35.5. The molecule has 0 atom stereocenters. The molecule has 0 heterocycles. The molecule has 1 spiro atoms. The Morgan fingerprint density at radius 1 is 0.792 bits per heavy atom. The molecule has 0 unspecified atom stereocenters. The highest BCUT2D eigenvalue weighted by Gasteiger charge is 2.41. The van der Waals surface area contributed by atoms with E-state index in [1.807, 2.05) is 0 Å². The lowest BCUT2D eigenvalue weighted by molar-refractivity contribution is 0.189. The standard InChI is InChI=1S/C22H25N.ClH/c1-23(2)19-13-15-22(16-14-19)20-9-5-3-7-17(20)11-12-18-8-4-6-10-21(18)22;/h3-12,19H,13-16H2,1-2H3;1H. The van der Waals surface area contributed by atoms with Gasteiger partial charge in [0.25, 0.3) is 0 Å². The minimum atomic E-state index is 0. The molecule has 2 aliphatic carbocycles. The number of fused-ring (bicyclic) bond motifs is 4. The van der Waals surface area contributed by atoms with Gasteiger partial charge in [-0.2, -0.15) is 0 Å². The largest absolute Gasteiger partial charge is 0.306 e. The summed E-state index contributed by atoms with van der Waals surface area (Å²) in [6.07, 6.45) is 9.64. The molecule has 2 aliphatic rings. The van der Waals surface area contributed by atoms with Crippen LogP contribution in [-0.2, 0) is 5.41 Å². The van der Waals surface area contributed by atoms with Crippen LogP contribution in [0, 0.1) is 0 Å². The molecule has 24 heavy (non-hydrogen) atoms. The van der Waals surface area contributed by atoms with Crippen molar-refractivity contribution in [3.63, 3.8) is 0 Å². The topological polar surface area (TPSA) is 3.24 Å². The summed E-state index contributed by atoms with van der Waals surface area (Å²) in [5, 5.41) is 0. The number of nitrogens with zero attached hydrogens (tertiary/aromatic N) is 1. The molecule has 4 rings (SSSR count). The molecule has 2 aromatic carbocycles. The molecule has 2 aromatic rings. The summed E-state index contributed by atoms with van der Waals surface area (Å²) < 4.78 is 0. The van der Waals surface area contributed by atoms with E-state index in [-0.39, 0.29) is 17.8 Å². The Balaban J connectivity index is 0.00000169. The van der Waals surface area contributed by atoms with Crippen molar-refractivity contribution in [1.82, 2.24) is 4.90 Å². The lowest BCUT2D eigenvalue weighted by Gasteiger charge is -2.43. The Morgan fingerprint density at radius 3 is 1.71 bits per heavy atom. The highest BCUT2D eigenvalue weighted by molar-refractivity contribution is 5.85. The molecule has 1 nitrogen and oxygen atoms in total. The predicted molar refractivity (Wildman–Crippen MR) is 106 cm³/mol. The van der Waals surface area contributed by atoms with E-state index in [2.05, 4.69) is 79.7 Å². The smallest absolute Gasteiger partial charge is 0.0215 e. The first kappa shape index (κ1) is 17.3. The molecule has 0 saturated heterocycles. The first-order valence-corrected chi connectivity index (χ1v) is 8.74. The summed E-state index contributed by atoms with van der Waals surface area (Å²) in [5.74, 6) is 0. The van der Waals surface area contributed by atoms with E-state index in [1.54, 1.807) is 0 Å². The minimum Gasteiger partial charge on any atom is -0.306 e. The second-order valence-electron chi connectivity index (χ2n) is 7.28. The maximum absolute atomic E-state index is 2.40. The van der Waals surface area contributed by atoms with Crippen LogP contribution in [0.25, 0.3) is 12.2 Å². The van der Waals surface area contributed by atoms with Crippen molar-refractivity contribution in [2.75, 3.05) is 14.1 Å². The van der Waals surface area contributed by atoms with E-state index < -0.39 is 0 Å². The van der Waals surface area contributed by atoms with Gasteiger partial charge in [0.2, 0.25) is 0 Å². The second-order valence-corrected chi connectivity index (χ2v) is 7.28. The van der Waals surface area contributed by atoms with Crippen molar-refractivity contribution < 1.29 is 0 Å². The zero-order chi connectivity index (χ0) is 15.9. The van der Waals surface area contributed by atoms with Gasteiger partial charge in [0.1, 0.15) is 0 Å². The Kier molecular flexibility index (Phi) is 4.85. The van der Waals surface area contributed by atoms with Crippen LogP contribution in [0.2, 0.25) is 0 Å². The van der Waals surface area contributed by atoms with Crippen LogP contribution in [0.15, 0.2) is 48.5 Å². The molecule has 0 aliphatic heterocycles. The predicted octanol–water partition coefficient (Wildman–Crippen LogP) is 5.38. The van der Waals surface area contributed by atoms with Gasteiger partial charge in [-0.3, -0.25) is 0 Å². The van der Waals surface area contributed by atoms with Gasteiger partial charge >= 0.3 is 0 Å². The van der Waals surface area contributed by atoms with Crippen molar-refractivity contribution in [2.24, 2.45) is 0 Å². The van der Waals surface area contributed by atoms with E-state index >= 15 is 0 Å². The van der Waals surface area contributed by atoms with Gasteiger partial charge in [0.05, 0.1) is 0 Å². The summed E-state index contributed by atoms with van der Waals surface area (Å²) in [5.41, 5.74) is 6.03. The monoisotopic (exact) mass is 339 g/mol. The first-order chi connectivity index (χ1) is 11.2. The van der Waals surface area contributed by atoms with Gasteiger partial charge in [0, 0.05) is 11.5 Å². The van der Waals surface area contributed by atoms with Gasteiger partial charge in [0.15, 0.2) is 0 Å². The quantitative estimate of drug-likeness (QED) is 0.674. The fourth-order valence-corrected chi connectivity index (χ4v) is 4.63. The molecule has 2 heteroatoms. The molecular weight excluding hydrogens is 314 g/mol. The van der Waals surface area contributed by atoms with E-state index in [4.69, 9.17) is 0 Å². The molecule has 1 fully saturated rings. The van der Waals surface area contributed by atoms with E-state index in [0.717, 1.165) is 6.04 Å². The molecule has 0 N–H and O–H groups in total. The minimum absolute atomic E-state index is 0. The Labute approximate surface area is 151 Å². The number of hydrogen-bond donors (Lipinski definition) is 0. The summed E-state index contributed by atoms with van der Waals surface area (Å²) in [4.78, 5) is 2.40. The van der Waals surface area contributed by atoms with Crippen molar-refractivity contribution in [3.8, 4) is 0 Å². The Hall–Kier alpha value is -1.57. The number of rotatable bonds is 1. The van der Waals surface area contributed by atoms with Crippen LogP contribution in [0.3, 0.4) is 0 Å². The summed E-state index contributed by atoms with van der Waals surface area (Å²) >= 11 is 0. The van der Waals surface area contributed by atoms with Crippen molar-refractivity contribution in [1.29, 1.82) is 0 Å². The normalized spacial score (nSPS) is 18.6. The zero-order valence-corrected chi connectivity index (χ0v) is 15.4. The third-order valence-corrected chi connectivity index (χ3v) is 5.93. The Morgan fingerprint density at radius 2 is 1.25 bits per heavy atom. The molecule has 1 saturated carbocycles. The van der Waals surface area contributed by atoms with Crippen LogP contribution in [-0.4, -0.2) is 25.0 Å². The maximum atomic E-state index is 2.40. The molecular formula is C22H26ClN. The van der Waals surface area contributed by atoms with E-state index in [0.29, 0.717) is 0 Å². The Bertz CT molecular complexity index is 688. The van der Waals surface area contributed by atoms with Crippen LogP contribution in [0.4, 0.5) is 0 Å². The summed E-state index contributed by atoms with van der Waals surface area (Å²) in [6, 6.07) is 18.7. The van der Waals surface area contributed by atoms with E-state index in [9.17, 15) is 0 Å².